The van der Waals surface area contributed by atoms with E-state index in [9.17, 15) is 4.79 Å². The molecular weight excluding hydrogens is 192 g/mol. The molecule has 2 rings (SSSR count). The molecule has 0 aromatic carbocycles. The van der Waals surface area contributed by atoms with Crippen LogP contribution in [0.2, 0.25) is 0 Å². The van der Waals surface area contributed by atoms with Crippen molar-refractivity contribution in [2.24, 2.45) is 5.92 Å². The molecule has 3 unspecified atom stereocenters. The summed E-state index contributed by atoms with van der Waals surface area (Å²) in [6.45, 7) is 7.44. The molecule has 0 saturated carbocycles. The van der Waals surface area contributed by atoms with Crippen LogP contribution in [0.3, 0.4) is 0 Å². The molecule has 2 heterocycles. The SMILES string of the molecule is CC1CN(C(=O)C2CCOC2C)CCN1. The van der Waals surface area contributed by atoms with Crippen LogP contribution >= 0.6 is 0 Å². The second-order valence-corrected chi connectivity index (χ2v) is 4.61. The fourth-order valence-corrected chi connectivity index (χ4v) is 2.42. The van der Waals surface area contributed by atoms with Crippen LogP contribution in [0.1, 0.15) is 20.3 Å². The van der Waals surface area contributed by atoms with Gasteiger partial charge < -0.3 is 15.0 Å². The summed E-state index contributed by atoms with van der Waals surface area (Å²) in [6.07, 6.45) is 0.987. The van der Waals surface area contributed by atoms with E-state index in [1.807, 2.05) is 11.8 Å². The fourth-order valence-electron chi connectivity index (χ4n) is 2.42. The largest absolute Gasteiger partial charge is 0.378 e. The standard InChI is InChI=1S/C11H20N2O2/c1-8-7-13(5-4-12-8)11(14)10-3-6-15-9(10)2/h8-10,12H,3-7H2,1-2H3. The molecular formula is C11H20N2O2. The molecule has 1 N–H and O–H groups in total. The highest BCUT2D eigenvalue weighted by Crippen LogP contribution is 2.23. The van der Waals surface area contributed by atoms with Crippen LogP contribution in [0.5, 0.6) is 0 Å². The number of rotatable bonds is 1. The van der Waals surface area contributed by atoms with E-state index in [0.717, 1.165) is 32.7 Å². The number of amides is 1. The van der Waals surface area contributed by atoms with Gasteiger partial charge in [-0.15, -0.1) is 0 Å². The van der Waals surface area contributed by atoms with Crippen LogP contribution in [0.4, 0.5) is 0 Å². The Morgan fingerprint density at radius 3 is 2.87 bits per heavy atom. The van der Waals surface area contributed by atoms with E-state index in [0.29, 0.717) is 6.04 Å². The molecule has 2 fully saturated rings. The Hall–Kier alpha value is -0.610. The molecule has 86 valence electrons. The van der Waals surface area contributed by atoms with Crippen LogP contribution in [0.25, 0.3) is 0 Å². The van der Waals surface area contributed by atoms with E-state index in [2.05, 4.69) is 12.2 Å². The molecule has 3 atom stereocenters. The number of ether oxygens (including phenoxy) is 1. The molecule has 2 aliphatic heterocycles. The van der Waals surface area contributed by atoms with Crippen molar-refractivity contribution in [3.63, 3.8) is 0 Å². The third-order valence-electron chi connectivity index (χ3n) is 3.37. The van der Waals surface area contributed by atoms with Gasteiger partial charge in [-0.3, -0.25) is 4.79 Å². The van der Waals surface area contributed by atoms with Gasteiger partial charge in [0, 0.05) is 32.3 Å². The van der Waals surface area contributed by atoms with Gasteiger partial charge in [0.1, 0.15) is 0 Å². The highest BCUT2D eigenvalue weighted by molar-refractivity contribution is 5.79. The Labute approximate surface area is 91.0 Å². The summed E-state index contributed by atoms with van der Waals surface area (Å²) in [5.41, 5.74) is 0. The van der Waals surface area contributed by atoms with Gasteiger partial charge in [-0.25, -0.2) is 0 Å². The number of hydrogen-bond acceptors (Lipinski definition) is 3. The molecule has 0 aromatic rings. The number of piperazine rings is 1. The first-order valence-corrected chi connectivity index (χ1v) is 5.82. The minimum absolute atomic E-state index is 0.0929. The summed E-state index contributed by atoms with van der Waals surface area (Å²) in [6, 6.07) is 0.417. The summed E-state index contributed by atoms with van der Waals surface area (Å²) < 4.78 is 5.44. The maximum Gasteiger partial charge on any atom is 0.228 e. The van der Waals surface area contributed by atoms with Crippen LogP contribution < -0.4 is 5.32 Å². The molecule has 0 bridgehead atoms. The maximum atomic E-state index is 12.2. The van der Waals surface area contributed by atoms with Crippen LogP contribution in [0, 0.1) is 5.92 Å². The van der Waals surface area contributed by atoms with E-state index in [4.69, 9.17) is 4.74 Å². The third kappa shape index (κ3) is 2.32. The number of nitrogens with one attached hydrogen (secondary N) is 1. The van der Waals surface area contributed by atoms with Crippen molar-refractivity contribution in [1.82, 2.24) is 10.2 Å². The highest BCUT2D eigenvalue weighted by atomic mass is 16.5. The van der Waals surface area contributed by atoms with Gasteiger partial charge >= 0.3 is 0 Å². The average Bonchev–Trinajstić information content (AvgIpc) is 2.63. The van der Waals surface area contributed by atoms with E-state index < -0.39 is 0 Å². The Morgan fingerprint density at radius 1 is 1.47 bits per heavy atom. The number of hydrogen-bond donors (Lipinski definition) is 1. The van der Waals surface area contributed by atoms with Crippen molar-refractivity contribution in [2.45, 2.75) is 32.4 Å². The molecule has 0 spiro atoms. The monoisotopic (exact) mass is 212 g/mol. The van der Waals surface area contributed by atoms with Crippen molar-refractivity contribution < 1.29 is 9.53 Å². The van der Waals surface area contributed by atoms with Crippen molar-refractivity contribution in [3.05, 3.63) is 0 Å². The molecule has 0 aromatic heterocycles. The normalized spacial score (nSPS) is 36.9. The minimum Gasteiger partial charge on any atom is -0.378 e. The molecule has 0 radical (unpaired) electrons. The molecule has 15 heavy (non-hydrogen) atoms. The molecule has 2 saturated heterocycles. The Morgan fingerprint density at radius 2 is 2.27 bits per heavy atom. The van der Waals surface area contributed by atoms with Crippen LogP contribution in [-0.2, 0) is 9.53 Å². The zero-order valence-corrected chi connectivity index (χ0v) is 9.53. The van der Waals surface area contributed by atoms with E-state index in [1.165, 1.54) is 0 Å². The van der Waals surface area contributed by atoms with Gasteiger partial charge in [0.15, 0.2) is 0 Å². The molecule has 2 aliphatic rings. The first kappa shape index (κ1) is 10.9. The lowest BCUT2D eigenvalue weighted by atomic mass is 10.0. The van der Waals surface area contributed by atoms with Gasteiger partial charge in [0.2, 0.25) is 5.91 Å². The van der Waals surface area contributed by atoms with Gasteiger partial charge in [-0.1, -0.05) is 0 Å². The Kier molecular flexibility index (Phi) is 3.26. The zero-order chi connectivity index (χ0) is 10.8. The topological polar surface area (TPSA) is 41.6 Å². The Balaban J connectivity index is 1.94. The third-order valence-corrected chi connectivity index (χ3v) is 3.37. The molecule has 1 amide bonds. The smallest absolute Gasteiger partial charge is 0.228 e. The first-order valence-electron chi connectivity index (χ1n) is 5.82. The molecule has 0 aliphatic carbocycles. The molecule has 4 heteroatoms. The summed E-state index contributed by atoms with van der Waals surface area (Å²) in [5.74, 6) is 0.378. The second kappa shape index (κ2) is 4.49. The van der Waals surface area contributed by atoms with Gasteiger partial charge in [0.05, 0.1) is 12.0 Å². The quantitative estimate of drug-likeness (QED) is 0.676. The van der Waals surface area contributed by atoms with E-state index in [1.54, 1.807) is 0 Å². The molecule has 4 nitrogen and oxygen atoms in total. The van der Waals surface area contributed by atoms with E-state index in [-0.39, 0.29) is 17.9 Å². The fraction of sp³-hybridized carbons (Fsp3) is 0.909. The van der Waals surface area contributed by atoms with Crippen LogP contribution in [0.15, 0.2) is 0 Å². The number of carbonyl (C=O) groups excluding carboxylic acids is 1. The predicted octanol–water partition coefficient (Wildman–Crippen LogP) is 0.232. The van der Waals surface area contributed by atoms with Gasteiger partial charge in [-0.05, 0) is 20.3 Å². The first-order chi connectivity index (χ1) is 7.18. The predicted molar refractivity (Wildman–Crippen MR) is 57.6 cm³/mol. The van der Waals surface area contributed by atoms with Crippen LogP contribution in [-0.4, -0.2) is 49.2 Å². The lowest BCUT2D eigenvalue weighted by molar-refractivity contribution is -0.138. The van der Waals surface area contributed by atoms with Crippen molar-refractivity contribution >= 4 is 5.91 Å². The van der Waals surface area contributed by atoms with Crippen molar-refractivity contribution in [1.29, 1.82) is 0 Å². The minimum atomic E-state index is 0.0929. The highest BCUT2D eigenvalue weighted by Gasteiger charge is 2.34. The summed E-state index contributed by atoms with van der Waals surface area (Å²) >= 11 is 0. The maximum absolute atomic E-state index is 12.2. The lowest BCUT2D eigenvalue weighted by Crippen LogP contribution is -2.53. The lowest BCUT2D eigenvalue weighted by Gasteiger charge is -2.34. The van der Waals surface area contributed by atoms with Crippen molar-refractivity contribution in [2.75, 3.05) is 26.2 Å². The van der Waals surface area contributed by atoms with E-state index >= 15 is 0 Å². The number of carbonyl (C=O) groups is 1. The summed E-state index contributed by atoms with van der Waals surface area (Å²) in [5, 5.41) is 3.34. The average molecular weight is 212 g/mol. The van der Waals surface area contributed by atoms with Crippen molar-refractivity contribution in [3.8, 4) is 0 Å². The second-order valence-electron chi connectivity index (χ2n) is 4.61. The summed E-state index contributed by atoms with van der Waals surface area (Å²) in [7, 11) is 0. The van der Waals surface area contributed by atoms with Gasteiger partial charge in [0.25, 0.3) is 0 Å². The summed E-state index contributed by atoms with van der Waals surface area (Å²) in [4.78, 5) is 14.2. The van der Waals surface area contributed by atoms with Gasteiger partial charge in [-0.2, -0.15) is 0 Å². The zero-order valence-electron chi connectivity index (χ0n) is 9.53. The Bertz CT molecular complexity index is 245. The number of nitrogens with zero attached hydrogens (tertiary/aromatic N) is 1.